The van der Waals surface area contributed by atoms with E-state index in [2.05, 4.69) is 14.9 Å². The highest BCUT2D eigenvalue weighted by Gasteiger charge is 2.24. The van der Waals surface area contributed by atoms with Crippen LogP contribution in [-0.4, -0.2) is 35.9 Å². The molecule has 0 aliphatic heterocycles. The van der Waals surface area contributed by atoms with Gasteiger partial charge in [-0.1, -0.05) is 31.0 Å². The van der Waals surface area contributed by atoms with Crippen LogP contribution in [0.25, 0.3) is 0 Å². The number of ketones is 1. The molecular formula is C18H23N3O4S2. The highest BCUT2D eigenvalue weighted by Crippen LogP contribution is 2.34. The van der Waals surface area contributed by atoms with Gasteiger partial charge in [-0.15, -0.1) is 10.2 Å². The zero-order chi connectivity index (χ0) is 19.4. The Balaban J connectivity index is 1.61. The van der Waals surface area contributed by atoms with Crippen molar-refractivity contribution in [2.75, 3.05) is 11.0 Å². The molecule has 1 saturated carbocycles. The van der Waals surface area contributed by atoms with Gasteiger partial charge in [0.25, 0.3) is 5.22 Å². The van der Waals surface area contributed by atoms with Crippen molar-refractivity contribution in [2.45, 2.75) is 55.4 Å². The van der Waals surface area contributed by atoms with Gasteiger partial charge in [-0.05, 0) is 44.0 Å². The first-order chi connectivity index (χ1) is 12.8. The lowest BCUT2D eigenvalue weighted by Gasteiger charge is -2.17. The summed E-state index contributed by atoms with van der Waals surface area (Å²) in [4.78, 5) is 12.6. The number of aromatic nitrogens is 2. The first-order valence-corrected chi connectivity index (χ1v) is 11.7. The number of Topliss-reactive ketones (excluding diaryl/α,β-unsaturated/α-hetero) is 1. The quantitative estimate of drug-likeness (QED) is 0.547. The molecular weight excluding hydrogens is 386 g/mol. The maximum Gasteiger partial charge on any atom is 0.277 e. The molecule has 9 heteroatoms. The summed E-state index contributed by atoms with van der Waals surface area (Å²) in [5.74, 6) is 0.929. The molecule has 1 unspecified atom stereocenters. The topological polar surface area (TPSA) is 102 Å². The number of hydrogen-bond donors (Lipinski definition) is 1. The summed E-state index contributed by atoms with van der Waals surface area (Å²) in [6.07, 6.45) is 6.87. The highest BCUT2D eigenvalue weighted by atomic mass is 32.2. The van der Waals surface area contributed by atoms with Crippen molar-refractivity contribution in [3.63, 3.8) is 0 Å². The molecule has 1 aliphatic rings. The van der Waals surface area contributed by atoms with E-state index >= 15 is 0 Å². The molecule has 7 nitrogen and oxygen atoms in total. The van der Waals surface area contributed by atoms with Crippen LogP contribution in [0.2, 0.25) is 0 Å². The second-order valence-corrected chi connectivity index (χ2v) is 9.86. The molecule has 0 radical (unpaired) electrons. The van der Waals surface area contributed by atoms with Gasteiger partial charge in [0.1, 0.15) is 0 Å². The molecule has 1 aliphatic carbocycles. The molecule has 1 N–H and O–H groups in total. The van der Waals surface area contributed by atoms with E-state index in [9.17, 15) is 13.2 Å². The van der Waals surface area contributed by atoms with Gasteiger partial charge in [-0.25, -0.2) is 8.42 Å². The summed E-state index contributed by atoms with van der Waals surface area (Å²) < 4.78 is 30.6. The molecule has 1 atom stereocenters. The normalized spacial score (nSPS) is 16.8. The van der Waals surface area contributed by atoms with Crippen molar-refractivity contribution in [3.8, 4) is 0 Å². The molecule has 0 bridgehead atoms. The minimum atomic E-state index is -3.34. The molecule has 146 valence electrons. The number of benzene rings is 1. The lowest BCUT2D eigenvalue weighted by molar-refractivity contribution is 0.0993. The third-order valence-electron chi connectivity index (χ3n) is 4.50. The predicted octanol–water partition coefficient (Wildman–Crippen LogP) is 3.85. The van der Waals surface area contributed by atoms with Crippen LogP contribution in [0.3, 0.4) is 0 Å². The van der Waals surface area contributed by atoms with Gasteiger partial charge in [0.05, 0.1) is 11.5 Å². The Bertz CT molecular complexity index is 888. The minimum absolute atomic E-state index is 0.0803. The Hall–Kier alpha value is -1.87. The van der Waals surface area contributed by atoms with E-state index in [1.807, 2.05) is 0 Å². The SMILES string of the molecule is CC(Sc1nnc(C2CCCCC2)o1)C(=O)c1ccc(NS(C)(=O)=O)cc1. The van der Waals surface area contributed by atoms with Crippen LogP contribution >= 0.6 is 11.8 Å². The van der Waals surface area contributed by atoms with Crippen LogP contribution in [0.1, 0.15) is 61.2 Å². The number of nitrogens with zero attached hydrogens (tertiary/aromatic N) is 2. The Morgan fingerprint density at radius 2 is 1.85 bits per heavy atom. The predicted molar refractivity (Wildman–Crippen MR) is 105 cm³/mol. The third-order valence-corrected chi connectivity index (χ3v) is 6.04. The van der Waals surface area contributed by atoms with Gasteiger partial charge in [-0.2, -0.15) is 0 Å². The lowest BCUT2D eigenvalue weighted by atomic mass is 9.89. The van der Waals surface area contributed by atoms with Crippen LogP contribution in [-0.2, 0) is 10.0 Å². The van der Waals surface area contributed by atoms with Crippen LogP contribution in [0.15, 0.2) is 33.9 Å². The van der Waals surface area contributed by atoms with Crippen molar-refractivity contribution in [2.24, 2.45) is 0 Å². The number of carbonyl (C=O) groups excluding carboxylic acids is 1. The summed E-state index contributed by atoms with van der Waals surface area (Å²) in [7, 11) is -3.34. The van der Waals surface area contributed by atoms with Crippen molar-refractivity contribution in [1.29, 1.82) is 0 Å². The Morgan fingerprint density at radius 1 is 1.19 bits per heavy atom. The fraction of sp³-hybridized carbons (Fsp3) is 0.500. The Labute approximate surface area is 163 Å². The maximum atomic E-state index is 12.6. The van der Waals surface area contributed by atoms with E-state index in [4.69, 9.17) is 4.42 Å². The second-order valence-electron chi connectivity index (χ2n) is 6.82. The number of hydrogen-bond acceptors (Lipinski definition) is 7. The monoisotopic (exact) mass is 409 g/mol. The van der Waals surface area contributed by atoms with Crippen molar-refractivity contribution in [3.05, 3.63) is 35.7 Å². The molecule has 1 aromatic heterocycles. The Kier molecular flexibility index (Phi) is 6.21. The fourth-order valence-electron chi connectivity index (χ4n) is 3.14. The van der Waals surface area contributed by atoms with Crippen molar-refractivity contribution < 1.29 is 17.6 Å². The molecule has 0 spiro atoms. The molecule has 3 rings (SSSR count). The first-order valence-electron chi connectivity index (χ1n) is 8.94. The highest BCUT2D eigenvalue weighted by molar-refractivity contribution is 8.00. The van der Waals surface area contributed by atoms with E-state index < -0.39 is 15.3 Å². The molecule has 27 heavy (non-hydrogen) atoms. The number of nitrogens with one attached hydrogen (secondary N) is 1. The van der Waals surface area contributed by atoms with E-state index in [0.717, 1.165) is 19.1 Å². The molecule has 0 amide bonds. The van der Waals surface area contributed by atoms with Gasteiger partial charge in [0, 0.05) is 17.2 Å². The lowest BCUT2D eigenvalue weighted by Crippen LogP contribution is -2.14. The molecule has 1 heterocycles. The summed E-state index contributed by atoms with van der Waals surface area (Å²) >= 11 is 1.24. The second kappa shape index (κ2) is 8.43. The van der Waals surface area contributed by atoms with Crippen molar-refractivity contribution in [1.82, 2.24) is 10.2 Å². The molecule has 0 saturated heterocycles. The number of thioether (sulfide) groups is 1. The van der Waals surface area contributed by atoms with Gasteiger partial charge >= 0.3 is 0 Å². The van der Waals surface area contributed by atoms with Crippen LogP contribution in [0, 0.1) is 0 Å². The third kappa shape index (κ3) is 5.55. The molecule has 1 aromatic carbocycles. The molecule has 1 fully saturated rings. The van der Waals surface area contributed by atoms with Gasteiger partial charge in [0.15, 0.2) is 5.78 Å². The van der Waals surface area contributed by atoms with E-state index in [1.165, 1.54) is 31.0 Å². The number of anilines is 1. The summed E-state index contributed by atoms with van der Waals surface area (Å²) in [6, 6.07) is 6.35. The van der Waals surface area contributed by atoms with Gasteiger partial charge in [-0.3, -0.25) is 9.52 Å². The maximum absolute atomic E-state index is 12.6. The number of carbonyl (C=O) groups is 1. The number of sulfonamides is 1. The van der Waals surface area contributed by atoms with Crippen molar-refractivity contribution >= 4 is 33.3 Å². The van der Waals surface area contributed by atoms with Crippen LogP contribution in [0.5, 0.6) is 0 Å². The summed E-state index contributed by atoms with van der Waals surface area (Å²) in [5, 5.41) is 8.25. The number of rotatable bonds is 7. The zero-order valence-electron chi connectivity index (χ0n) is 15.3. The van der Waals surface area contributed by atoms with E-state index in [-0.39, 0.29) is 5.78 Å². The minimum Gasteiger partial charge on any atom is -0.416 e. The van der Waals surface area contributed by atoms with Crippen LogP contribution in [0.4, 0.5) is 5.69 Å². The van der Waals surface area contributed by atoms with E-state index in [1.54, 1.807) is 31.2 Å². The van der Waals surface area contributed by atoms with E-state index in [0.29, 0.717) is 28.3 Å². The first kappa shape index (κ1) is 19.9. The summed E-state index contributed by atoms with van der Waals surface area (Å²) in [6.45, 7) is 1.79. The van der Waals surface area contributed by atoms with Gasteiger partial charge in [0.2, 0.25) is 15.9 Å². The fourth-order valence-corrected chi connectivity index (χ4v) is 4.47. The summed E-state index contributed by atoms with van der Waals surface area (Å²) in [5.41, 5.74) is 0.921. The average Bonchev–Trinajstić information content (AvgIpc) is 3.09. The largest absolute Gasteiger partial charge is 0.416 e. The molecule has 2 aromatic rings. The zero-order valence-corrected chi connectivity index (χ0v) is 17.0. The Morgan fingerprint density at radius 3 is 2.48 bits per heavy atom. The van der Waals surface area contributed by atoms with Crippen LogP contribution < -0.4 is 4.72 Å². The average molecular weight is 410 g/mol. The van der Waals surface area contributed by atoms with Gasteiger partial charge < -0.3 is 4.42 Å². The smallest absolute Gasteiger partial charge is 0.277 e. The standard InChI is InChI=1S/C18H23N3O4S2/c1-12(16(22)13-8-10-15(11-9-13)21-27(2,23)24)26-18-20-19-17(25-18)14-6-4-3-5-7-14/h8-12,14,21H,3-7H2,1-2H3.